The van der Waals surface area contributed by atoms with Crippen LogP contribution in [0.5, 0.6) is 0 Å². The quantitative estimate of drug-likeness (QED) is 0.283. The van der Waals surface area contributed by atoms with E-state index in [1.54, 1.807) is 36.4 Å². The predicted octanol–water partition coefficient (Wildman–Crippen LogP) is 4.18. The Morgan fingerprint density at radius 3 is 1.89 bits per heavy atom. The van der Waals surface area contributed by atoms with Gasteiger partial charge in [0.2, 0.25) is 5.78 Å². The van der Waals surface area contributed by atoms with Gasteiger partial charge in [-0.3, -0.25) is 4.79 Å². The molecule has 28 heavy (non-hydrogen) atoms. The summed E-state index contributed by atoms with van der Waals surface area (Å²) in [5.74, 6) is -0.605. The van der Waals surface area contributed by atoms with Gasteiger partial charge in [0.25, 0.3) is 0 Å². The maximum atomic E-state index is 12.9. The third kappa shape index (κ3) is 4.65. The molecule has 0 saturated heterocycles. The fourth-order valence-electron chi connectivity index (χ4n) is 2.53. The highest BCUT2D eigenvalue weighted by Gasteiger charge is 2.16. The number of hydrogen-bond donors (Lipinski definition) is 0. The van der Waals surface area contributed by atoms with E-state index in [1.807, 2.05) is 48.5 Å². The summed E-state index contributed by atoms with van der Waals surface area (Å²) in [6, 6.07) is 24.9. The van der Waals surface area contributed by atoms with Crippen LogP contribution >= 0.6 is 0 Å². The molecule has 0 bridgehead atoms. The summed E-state index contributed by atoms with van der Waals surface area (Å²) in [5.41, 5.74) is 2.69. The largest absolute Gasteiger partial charge is 0.465 e. The molecule has 0 heterocycles. The molecule has 5 nitrogen and oxygen atoms in total. The number of Topliss-reactive ketones (excluding diaryl/α,β-unsaturated/α-hetero) is 1. The zero-order valence-corrected chi connectivity index (χ0v) is 15.3. The zero-order chi connectivity index (χ0) is 19.8. The molecule has 0 atom stereocenters. The number of hydrogen-bond acceptors (Lipinski definition) is 5. The van der Waals surface area contributed by atoms with E-state index in [0.29, 0.717) is 16.7 Å². The summed E-state index contributed by atoms with van der Waals surface area (Å²) in [6.07, 6.45) is 1.53. The monoisotopic (exact) mass is 370 g/mol. The van der Waals surface area contributed by atoms with E-state index < -0.39 is 5.97 Å². The SMILES string of the molecule is COC(=O)c1ccc(/C=N\N=C(/C(=O)c2ccccc2)c2ccccc2)cc1. The number of ketones is 1. The summed E-state index contributed by atoms with van der Waals surface area (Å²) >= 11 is 0. The number of methoxy groups -OCH3 is 1. The van der Waals surface area contributed by atoms with Crippen molar-refractivity contribution in [3.05, 3.63) is 107 Å². The van der Waals surface area contributed by atoms with Crippen LogP contribution in [0.3, 0.4) is 0 Å². The van der Waals surface area contributed by atoms with Crippen LogP contribution in [0.2, 0.25) is 0 Å². The average Bonchev–Trinajstić information content (AvgIpc) is 2.77. The first kappa shape index (κ1) is 18.9. The van der Waals surface area contributed by atoms with Gasteiger partial charge in [-0.05, 0) is 17.7 Å². The summed E-state index contributed by atoms with van der Waals surface area (Å²) in [7, 11) is 1.33. The first-order chi connectivity index (χ1) is 13.7. The van der Waals surface area contributed by atoms with Crippen molar-refractivity contribution in [1.82, 2.24) is 0 Å². The van der Waals surface area contributed by atoms with Crippen LogP contribution in [0, 0.1) is 0 Å². The second-order valence-corrected chi connectivity index (χ2v) is 5.87. The zero-order valence-electron chi connectivity index (χ0n) is 15.3. The van der Waals surface area contributed by atoms with Gasteiger partial charge in [0.15, 0.2) is 0 Å². The molecule has 0 aliphatic rings. The Balaban J connectivity index is 1.88. The first-order valence-electron chi connectivity index (χ1n) is 8.63. The minimum Gasteiger partial charge on any atom is -0.465 e. The molecule has 0 N–H and O–H groups in total. The molecule has 5 heteroatoms. The lowest BCUT2D eigenvalue weighted by molar-refractivity contribution is 0.0600. The minimum absolute atomic E-state index is 0.204. The Hall–Kier alpha value is -3.86. The van der Waals surface area contributed by atoms with Crippen LogP contribution < -0.4 is 0 Å². The lowest BCUT2D eigenvalue weighted by Gasteiger charge is -2.04. The van der Waals surface area contributed by atoms with Gasteiger partial charge in [-0.1, -0.05) is 72.8 Å². The van der Waals surface area contributed by atoms with Gasteiger partial charge in [-0.25, -0.2) is 4.79 Å². The number of carbonyl (C=O) groups excluding carboxylic acids is 2. The maximum Gasteiger partial charge on any atom is 0.337 e. The molecule has 0 aliphatic heterocycles. The van der Waals surface area contributed by atoms with E-state index in [9.17, 15) is 9.59 Å². The smallest absolute Gasteiger partial charge is 0.337 e. The summed E-state index contributed by atoms with van der Waals surface area (Å²) < 4.78 is 4.67. The molecule has 3 aromatic carbocycles. The molecule has 0 unspecified atom stereocenters. The molecule has 3 aromatic rings. The van der Waals surface area contributed by atoms with Crippen molar-refractivity contribution in [2.45, 2.75) is 0 Å². The third-order valence-corrected chi connectivity index (χ3v) is 3.99. The van der Waals surface area contributed by atoms with Gasteiger partial charge < -0.3 is 4.74 Å². The first-order valence-corrected chi connectivity index (χ1v) is 8.63. The van der Waals surface area contributed by atoms with Gasteiger partial charge in [-0.15, -0.1) is 5.10 Å². The highest BCUT2D eigenvalue weighted by atomic mass is 16.5. The van der Waals surface area contributed by atoms with E-state index >= 15 is 0 Å². The second kappa shape index (κ2) is 9.19. The number of nitrogens with zero attached hydrogens (tertiary/aromatic N) is 2. The van der Waals surface area contributed by atoms with Crippen LogP contribution in [0.4, 0.5) is 0 Å². The topological polar surface area (TPSA) is 68.1 Å². The molecule has 0 amide bonds. The van der Waals surface area contributed by atoms with Crippen molar-refractivity contribution >= 4 is 23.7 Å². The molecule has 0 fully saturated rings. The molecule has 0 saturated carbocycles. The van der Waals surface area contributed by atoms with Crippen LogP contribution in [0.1, 0.15) is 31.8 Å². The Morgan fingerprint density at radius 1 is 0.750 bits per heavy atom. The van der Waals surface area contributed by atoms with Gasteiger partial charge in [0.1, 0.15) is 5.71 Å². The molecule has 138 valence electrons. The number of benzene rings is 3. The molecule has 0 aromatic heterocycles. The van der Waals surface area contributed by atoms with E-state index in [1.165, 1.54) is 13.3 Å². The molecular formula is C23H18N2O3. The van der Waals surface area contributed by atoms with E-state index in [-0.39, 0.29) is 11.5 Å². The highest BCUT2D eigenvalue weighted by Crippen LogP contribution is 2.10. The highest BCUT2D eigenvalue weighted by molar-refractivity contribution is 6.51. The van der Waals surface area contributed by atoms with Crippen LogP contribution in [-0.4, -0.2) is 30.8 Å². The number of rotatable bonds is 6. The number of carbonyl (C=O) groups is 2. The van der Waals surface area contributed by atoms with Gasteiger partial charge in [0, 0.05) is 11.1 Å². The van der Waals surface area contributed by atoms with E-state index in [0.717, 1.165) is 5.56 Å². The van der Waals surface area contributed by atoms with Crippen molar-refractivity contribution in [2.75, 3.05) is 7.11 Å². The summed E-state index contributed by atoms with van der Waals surface area (Å²) in [4.78, 5) is 24.4. The Kier molecular flexibility index (Phi) is 6.21. The molecule has 0 aliphatic carbocycles. The van der Waals surface area contributed by atoms with Gasteiger partial charge >= 0.3 is 5.97 Å². The van der Waals surface area contributed by atoms with Gasteiger partial charge in [0.05, 0.1) is 18.9 Å². The van der Waals surface area contributed by atoms with Crippen molar-refractivity contribution < 1.29 is 14.3 Å². The lowest BCUT2D eigenvalue weighted by Crippen LogP contribution is -2.15. The standard InChI is InChI=1S/C23H18N2O3/c1-28-23(27)20-14-12-17(13-15-20)16-24-25-21(18-8-4-2-5-9-18)22(26)19-10-6-3-7-11-19/h2-16H,1H3/b24-16-,25-21-. The third-order valence-electron chi connectivity index (χ3n) is 3.99. The second-order valence-electron chi connectivity index (χ2n) is 5.87. The summed E-state index contributed by atoms with van der Waals surface area (Å²) in [6.45, 7) is 0. The molecule has 0 spiro atoms. The fourth-order valence-corrected chi connectivity index (χ4v) is 2.53. The predicted molar refractivity (Wildman–Crippen MR) is 109 cm³/mol. The Morgan fingerprint density at radius 2 is 1.32 bits per heavy atom. The fraction of sp³-hybridized carbons (Fsp3) is 0.0435. The Bertz CT molecular complexity index is 1010. The van der Waals surface area contributed by atoms with Crippen LogP contribution in [0.25, 0.3) is 0 Å². The molecular weight excluding hydrogens is 352 g/mol. The van der Waals surface area contributed by atoms with Crippen LogP contribution in [-0.2, 0) is 4.74 Å². The number of ether oxygens (including phenoxy) is 1. The van der Waals surface area contributed by atoms with Crippen molar-refractivity contribution in [3.8, 4) is 0 Å². The van der Waals surface area contributed by atoms with Gasteiger partial charge in [-0.2, -0.15) is 5.10 Å². The van der Waals surface area contributed by atoms with Crippen molar-refractivity contribution in [3.63, 3.8) is 0 Å². The van der Waals surface area contributed by atoms with E-state index in [2.05, 4.69) is 14.9 Å². The van der Waals surface area contributed by atoms with Crippen LogP contribution in [0.15, 0.2) is 95.1 Å². The Labute approximate surface area is 163 Å². The van der Waals surface area contributed by atoms with Crippen molar-refractivity contribution in [2.24, 2.45) is 10.2 Å². The van der Waals surface area contributed by atoms with E-state index in [4.69, 9.17) is 0 Å². The summed E-state index contributed by atoms with van der Waals surface area (Å²) in [5, 5.41) is 8.27. The average molecular weight is 370 g/mol. The normalized spacial score (nSPS) is 11.4. The van der Waals surface area contributed by atoms with Crippen molar-refractivity contribution in [1.29, 1.82) is 0 Å². The molecule has 0 radical (unpaired) electrons. The number of esters is 1. The maximum absolute atomic E-state index is 12.9. The lowest BCUT2D eigenvalue weighted by atomic mass is 10.0. The minimum atomic E-state index is -0.402. The molecule has 3 rings (SSSR count).